The molecule has 1 heterocycles. The third-order valence-corrected chi connectivity index (χ3v) is 3.08. The number of rotatable bonds is 4. The molecule has 0 spiro atoms. The minimum atomic E-state index is -0.675. The van der Waals surface area contributed by atoms with E-state index in [2.05, 4.69) is 10.3 Å². The SMILES string of the molecule is COC1(CNc2ncc(F)cc2F)CCC1. The smallest absolute Gasteiger partial charge is 0.168 e. The van der Waals surface area contributed by atoms with Crippen LogP contribution >= 0.6 is 0 Å². The molecule has 88 valence electrons. The van der Waals surface area contributed by atoms with Gasteiger partial charge in [0.05, 0.1) is 11.8 Å². The predicted molar refractivity (Wildman–Crippen MR) is 56.2 cm³/mol. The van der Waals surface area contributed by atoms with Crippen LogP contribution in [0.1, 0.15) is 19.3 Å². The van der Waals surface area contributed by atoms with Crippen molar-refractivity contribution in [1.82, 2.24) is 4.98 Å². The van der Waals surface area contributed by atoms with E-state index >= 15 is 0 Å². The van der Waals surface area contributed by atoms with Crippen LogP contribution in [0.15, 0.2) is 12.3 Å². The Morgan fingerprint density at radius 3 is 2.75 bits per heavy atom. The molecule has 0 amide bonds. The first-order chi connectivity index (χ1) is 7.65. The molecule has 0 saturated heterocycles. The maximum absolute atomic E-state index is 13.2. The molecule has 0 bridgehead atoms. The monoisotopic (exact) mass is 228 g/mol. The lowest BCUT2D eigenvalue weighted by molar-refractivity contribution is -0.0602. The average Bonchev–Trinajstić information content (AvgIpc) is 2.19. The third kappa shape index (κ3) is 2.14. The lowest BCUT2D eigenvalue weighted by Crippen LogP contribution is -2.45. The Morgan fingerprint density at radius 2 is 2.25 bits per heavy atom. The predicted octanol–water partition coefficient (Wildman–Crippen LogP) is 2.34. The standard InChI is InChI=1S/C11H14F2N2O/c1-16-11(3-2-4-11)7-15-10-9(13)5-8(12)6-14-10/h5-6H,2-4,7H2,1H3,(H,14,15). The number of ether oxygens (including phenoxy) is 1. The summed E-state index contributed by atoms with van der Waals surface area (Å²) in [6.45, 7) is 0.499. The summed E-state index contributed by atoms with van der Waals surface area (Å²) in [5, 5.41) is 2.86. The van der Waals surface area contributed by atoms with Gasteiger partial charge >= 0.3 is 0 Å². The molecular weight excluding hydrogens is 214 g/mol. The fourth-order valence-corrected chi connectivity index (χ4v) is 1.81. The molecule has 2 rings (SSSR count). The Morgan fingerprint density at radius 1 is 1.50 bits per heavy atom. The zero-order chi connectivity index (χ0) is 11.6. The van der Waals surface area contributed by atoms with Crippen LogP contribution < -0.4 is 5.32 Å². The van der Waals surface area contributed by atoms with Gasteiger partial charge in [-0.25, -0.2) is 13.8 Å². The molecule has 1 saturated carbocycles. The number of pyridine rings is 1. The van der Waals surface area contributed by atoms with Crippen LogP contribution in [0.5, 0.6) is 0 Å². The zero-order valence-electron chi connectivity index (χ0n) is 9.09. The van der Waals surface area contributed by atoms with Gasteiger partial charge in [0.2, 0.25) is 0 Å². The van der Waals surface area contributed by atoms with Gasteiger partial charge in [-0.3, -0.25) is 0 Å². The summed E-state index contributed by atoms with van der Waals surface area (Å²) >= 11 is 0. The molecule has 0 atom stereocenters. The van der Waals surface area contributed by atoms with Crippen molar-refractivity contribution in [3.8, 4) is 0 Å². The van der Waals surface area contributed by atoms with E-state index in [0.29, 0.717) is 6.54 Å². The van der Waals surface area contributed by atoms with Crippen LogP contribution in [0.25, 0.3) is 0 Å². The quantitative estimate of drug-likeness (QED) is 0.858. The molecule has 5 heteroatoms. The Hall–Kier alpha value is -1.23. The van der Waals surface area contributed by atoms with Gasteiger partial charge in [0.1, 0.15) is 5.82 Å². The van der Waals surface area contributed by atoms with Crippen LogP contribution in [0.4, 0.5) is 14.6 Å². The second-order valence-electron chi connectivity index (χ2n) is 4.08. The highest BCUT2D eigenvalue weighted by molar-refractivity contribution is 5.36. The largest absolute Gasteiger partial charge is 0.376 e. The van der Waals surface area contributed by atoms with Crippen molar-refractivity contribution >= 4 is 5.82 Å². The number of nitrogens with one attached hydrogen (secondary N) is 1. The molecule has 1 aliphatic rings. The molecule has 1 fully saturated rings. The van der Waals surface area contributed by atoms with Gasteiger partial charge in [0, 0.05) is 19.7 Å². The van der Waals surface area contributed by atoms with Crippen molar-refractivity contribution < 1.29 is 13.5 Å². The topological polar surface area (TPSA) is 34.1 Å². The van der Waals surface area contributed by atoms with Gasteiger partial charge in [0.15, 0.2) is 11.6 Å². The molecule has 3 nitrogen and oxygen atoms in total. The molecule has 1 aromatic rings. The van der Waals surface area contributed by atoms with Gasteiger partial charge in [-0.15, -0.1) is 0 Å². The molecule has 0 radical (unpaired) electrons. The molecule has 1 aromatic heterocycles. The second kappa shape index (κ2) is 4.33. The second-order valence-corrected chi connectivity index (χ2v) is 4.08. The van der Waals surface area contributed by atoms with E-state index < -0.39 is 11.6 Å². The van der Waals surface area contributed by atoms with E-state index in [1.165, 1.54) is 0 Å². The first-order valence-corrected chi connectivity index (χ1v) is 5.25. The highest BCUT2D eigenvalue weighted by Crippen LogP contribution is 2.35. The number of methoxy groups -OCH3 is 1. The van der Waals surface area contributed by atoms with Crippen molar-refractivity contribution in [1.29, 1.82) is 0 Å². The molecular formula is C11H14F2N2O. The summed E-state index contributed by atoms with van der Waals surface area (Å²) in [5.41, 5.74) is -0.206. The van der Waals surface area contributed by atoms with Gasteiger partial charge in [-0.05, 0) is 19.3 Å². The van der Waals surface area contributed by atoms with Crippen molar-refractivity contribution in [2.45, 2.75) is 24.9 Å². The number of nitrogens with zero attached hydrogens (tertiary/aromatic N) is 1. The Labute approximate surface area is 92.8 Å². The van der Waals surface area contributed by atoms with E-state index in [4.69, 9.17) is 4.74 Å². The van der Waals surface area contributed by atoms with Crippen LogP contribution in [-0.4, -0.2) is 24.2 Å². The summed E-state index contributed by atoms with van der Waals surface area (Å²) in [6, 6.07) is 0.815. The fraction of sp³-hybridized carbons (Fsp3) is 0.545. The Bertz CT molecular complexity index is 375. The van der Waals surface area contributed by atoms with Crippen LogP contribution in [-0.2, 0) is 4.74 Å². The van der Waals surface area contributed by atoms with Crippen molar-refractivity contribution in [3.63, 3.8) is 0 Å². The molecule has 0 aliphatic heterocycles. The maximum atomic E-state index is 13.2. The highest BCUT2D eigenvalue weighted by Gasteiger charge is 2.36. The summed E-state index contributed by atoms with van der Waals surface area (Å²) in [4.78, 5) is 3.66. The molecule has 0 aromatic carbocycles. The lowest BCUT2D eigenvalue weighted by atomic mass is 9.80. The van der Waals surface area contributed by atoms with Crippen LogP contribution in [0, 0.1) is 11.6 Å². The summed E-state index contributed by atoms with van der Waals surface area (Å²) < 4.78 is 31.2. The first-order valence-electron chi connectivity index (χ1n) is 5.25. The van der Waals surface area contributed by atoms with E-state index in [1.54, 1.807) is 7.11 Å². The van der Waals surface area contributed by atoms with Gasteiger partial charge in [0.25, 0.3) is 0 Å². The number of halogens is 2. The van der Waals surface area contributed by atoms with Gasteiger partial charge in [-0.2, -0.15) is 0 Å². The first kappa shape index (κ1) is 11.3. The molecule has 0 unspecified atom stereocenters. The van der Waals surface area contributed by atoms with Crippen molar-refractivity contribution in [2.75, 3.05) is 19.0 Å². The van der Waals surface area contributed by atoms with Crippen LogP contribution in [0.3, 0.4) is 0 Å². The molecule has 1 aliphatic carbocycles. The van der Waals surface area contributed by atoms with Crippen LogP contribution in [0.2, 0.25) is 0 Å². The van der Waals surface area contributed by atoms with Crippen molar-refractivity contribution in [2.24, 2.45) is 0 Å². The molecule has 1 N–H and O–H groups in total. The minimum Gasteiger partial charge on any atom is -0.376 e. The van der Waals surface area contributed by atoms with Crippen molar-refractivity contribution in [3.05, 3.63) is 23.9 Å². The third-order valence-electron chi connectivity index (χ3n) is 3.08. The van der Waals surface area contributed by atoms with E-state index in [0.717, 1.165) is 31.5 Å². The summed E-state index contributed by atoms with van der Waals surface area (Å²) in [5.74, 6) is -1.27. The van der Waals surface area contributed by atoms with E-state index in [1.807, 2.05) is 0 Å². The summed E-state index contributed by atoms with van der Waals surface area (Å²) in [7, 11) is 1.65. The van der Waals surface area contributed by atoms with Gasteiger partial charge in [-0.1, -0.05) is 0 Å². The number of hydrogen-bond acceptors (Lipinski definition) is 3. The summed E-state index contributed by atoms with van der Waals surface area (Å²) in [6.07, 6.45) is 4.03. The maximum Gasteiger partial charge on any atom is 0.168 e. The van der Waals surface area contributed by atoms with E-state index in [-0.39, 0.29) is 11.4 Å². The van der Waals surface area contributed by atoms with Gasteiger partial charge < -0.3 is 10.1 Å². The van der Waals surface area contributed by atoms with E-state index in [9.17, 15) is 8.78 Å². The number of anilines is 1. The number of aromatic nitrogens is 1. The number of hydrogen-bond donors (Lipinski definition) is 1. The minimum absolute atomic E-state index is 0.0738. The highest BCUT2D eigenvalue weighted by atomic mass is 19.1. The lowest BCUT2D eigenvalue weighted by Gasteiger charge is -2.40. The normalized spacial score (nSPS) is 17.9. The molecule has 16 heavy (non-hydrogen) atoms. The Balaban J connectivity index is 1.99. The average molecular weight is 228 g/mol. The fourth-order valence-electron chi connectivity index (χ4n) is 1.81. The Kier molecular flexibility index (Phi) is 3.05. The zero-order valence-corrected chi connectivity index (χ0v) is 9.09.